The molecule has 0 bridgehead atoms. The molecule has 0 radical (unpaired) electrons. The first-order valence-corrected chi connectivity index (χ1v) is 8.04. The monoisotopic (exact) mass is 324 g/mol. The summed E-state index contributed by atoms with van der Waals surface area (Å²) >= 11 is 7.48. The van der Waals surface area contributed by atoms with Gasteiger partial charge in [-0.15, -0.1) is 11.3 Å². The number of amides is 1. The predicted octanol–water partition coefficient (Wildman–Crippen LogP) is 3.90. The molecule has 2 aromatic rings. The van der Waals surface area contributed by atoms with Crippen LogP contribution in [0.4, 0.5) is 4.39 Å². The van der Waals surface area contributed by atoms with Crippen molar-refractivity contribution >= 4 is 28.8 Å². The van der Waals surface area contributed by atoms with Crippen LogP contribution in [0, 0.1) is 0 Å². The number of carbonyl (C=O) groups excluding carboxylic acids is 1. The molecule has 1 aromatic heterocycles. The number of hydrogen-bond donors (Lipinski definition) is 0. The standard InChI is InChI=1S/C15H14ClFN2OS/c16-12-4-2-1-3-11(12)15(17)5-7-19(8-6-15)14(20)13-9-21-10-18-13/h1-4,9-10H,5-8H2. The van der Waals surface area contributed by atoms with Gasteiger partial charge in [-0.1, -0.05) is 29.8 Å². The van der Waals surface area contributed by atoms with Crippen molar-refractivity contribution in [3.05, 3.63) is 51.4 Å². The van der Waals surface area contributed by atoms with Gasteiger partial charge in [0.1, 0.15) is 11.4 Å². The zero-order chi connectivity index (χ0) is 14.9. The summed E-state index contributed by atoms with van der Waals surface area (Å²) in [6.07, 6.45) is 0.513. The van der Waals surface area contributed by atoms with E-state index in [0.29, 0.717) is 29.4 Å². The van der Waals surface area contributed by atoms with Gasteiger partial charge in [0.15, 0.2) is 0 Å². The van der Waals surface area contributed by atoms with Crippen molar-refractivity contribution in [1.29, 1.82) is 0 Å². The number of halogens is 2. The molecule has 1 saturated heterocycles. The van der Waals surface area contributed by atoms with Crippen molar-refractivity contribution < 1.29 is 9.18 Å². The first-order valence-electron chi connectivity index (χ1n) is 6.71. The van der Waals surface area contributed by atoms with E-state index < -0.39 is 5.67 Å². The number of rotatable bonds is 2. The van der Waals surface area contributed by atoms with Crippen molar-refractivity contribution in [3.63, 3.8) is 0 Å². The van der Waals surface area contributed by atoms with Gasteiger partial charge >= 0.3 is 0 Å². The van der Waals surface area contributed by atoms with E-state index >= 15 is 4.39 Å². The van der Waals surface area contributed by atoms with Crippen LogP contribution in [0.15, 0.2) is 35.2 Å². The highest BCUT2D eigenvalue weighted by atomic mass is 35.5. The lowest BCUT2D eigenvalue weighted by Crippen LogP contribution is -2.43. The number of aromatic nitrogens is 1. The maximum absolute atomic E-state index is 15.1. The van der Waals surface area contributed by atoms with Crippen molar-refractivity contribution in [3.8, 4) is 0 Å². The normalized spacial score (nSPS) is 17.7. The molecule has 6 heteroatoms. The van der Waals surface area contributed by atoms with Crippen LogP contribution < -0.4 is 0 Å². The van der Waals surface area contributed by atoms with E-state index in [9.17, 15) is 4.79 Å². The quantitative estimate of drug-likeness (QED) is 0.839. The van der Waals surface area contributed by atoms with Crippen molar-refractivity contribution in [1.82, 2.24) is 9.88 Å². The summed E-state index contributed by atoms with van der Waals surface area (Å²) in [6, 6.07) is 7.00. The third-order valence-corrected chi connectivity index (χ3v) is 4.77. The molecule has 3 rings (SSSR count). The van der Waals surface area contributed by atoms with Crippen LogP contribution in [0.25, 0.3) is 0 Å². The number of nitrogens with zero attached hydrogens (tertiary/aromatic N) is 2. The zero-order valence-corrected chi connectivity index (χ0v) is 12.8. The number of benzene rings is 1. The molecule has 1 aliphatic heterocycles. The van der Waals surface area contributed by atoms with Crippen LogP contribution in [-0.2, 0) is 5.67 Å². The number of hydrogen-bond acceptors (Lipinski definition) is 3. The number of likely N-dealkylation sites (tertiary alicyclic amines) is 1. The van der Waals surface area contributed by atoms with Crippen LogP contribution in [0.2, 0.25) is 5.02 Å². The molecule has 0 aliphatic carbocycles. The highest BCUT2D eigenvalue weighted by Crippen LogP contribution is 2.40. The molecule has 1 aromatic carbocycles. The average Bonchev–Trinajstić information content (AvgIpc) is 3.02. The average molecular weight is 325 g/mol. The van der Waals surface area contributed by atoms with Crippen LogP contribution in [0.5, 0.6) is 0 Å². The minimum atomic E-state index is -1.46. The molecule has 0 N–H and O–H groups in total. The molecular weight excluding hydrogens is 311 g/mol. The highest BCUT2D eigenvalue weighted by Gasteiger charge is 2.39. The molecule has 0 saturated carbocycles. The first-order chi connectivity index (χ1) is 10.1. The zero-order valence-electron chi connectivity index (χ0n) is 11.3. The summed E-state index contributed by atoms with van der Waals surface area (Å²) in [5, 5.41) is 2.16. The van der Waals surface area contributed by atoms with E-state index in [1.165, 1.54) is 11.3 Å². The largest absolute Gasteiger partial charge is 0.337 e. The van der Waals surface area contributed by atoms with Gasteiger partial charge in [-0.2, -0.15) is 0 Å². The molecular formula is C15H14ClFN2OS. The van der Waals surface area contributed by atoms with E-state index in [1.807, 2.05) is 0 Å². The third kappa shape index (κ3) is 2.80. The molecule has 1 aliphatic rings. The lowest BCUT2D eigenvalue weighted by molar-refractivity contribution is 0.0418. The minimum Gasteiger partial charge on any atom is -0.337 e. The fraction of sp³-hybridized carbons (Fsp3) is 0.333. The maximum atomic E-state index is 15.1. The summed E-state index contributed by atoms with van der Waals surface area (Å²) in [6.45, 7) is 0.746. The fourth-order valence-corrected chi connectivity index (χ4v) is 3.47. The Morgan fingerprint density at radius 1 is 1.33 bits per heavy atom. The fourth-order valence-electron chi connectivity index (χ4n) is 2.64. The predicted molar refractivity (Wildman–Crippen MR) is 81.5 cm³/mol. The van der Waals surface area contributed by atoms with E-state index in [1.54, 1.807) is 40.1 Å². The number of thiazole rings is 1. The van der Waals surface area contributed by atoms with Gasteiger partial charge in [0.2, 0.25) is 0 Å². The second-order valence-electron chi connectivity index (χ2n) is 5.11. The molecule has 0 unspecified atom stereocenters. The minimum absolute atomic E-state index is 0.127. The van der Waals surface area contributed by atoms with E-state index in [4.69, 9.17) is 11.6 Å². The Morgan fingerprint density at radius 2 is 2.05 bits per heavy atom. The summed E-state index contributed by atoms with van der Waals surface area (Å²) < 4.78 is 15.1. The summed E-state index contributed by atoms with van der Waals surface area (Å²) in [5.74, 6) is -0.127. The van der Waals surface area contributed by atoms with Gasteiger partial charge in [0, 0.05) is 41.9 Å². The summed E-state index contributed by atoms with van der Waals surface area (Å²) in [5.41, 5.74) is 1.12. The lowest BCUT2D eigenvalue weighted by atomic mass is 9.86. The van der Waals surface area contributed by atoms with Gasteiger partial charge in [0.05, 0.1) is 5.51 Å². The van der Waals surface area contributed by atoms with E-state index in [2.05, 4.69) is 4.98 Å². The van der Waals surface area contributed by atoms with Crippen molar-refractivity contribution in [2.75, 3.05) is 13.1 Å². The Morgan fingerprint density at radius 3 is 2.67 bits per heavy atom. The molecule has 1 amide bonds. The van der Waals surface area contributed by atoms with Crippen molar-refractivity contribution in [2.24, 2.45) is 0 Å². The Kier molecular flexibility index (Phi) is 3.95. The first kappa shape index (κ1) is 14.5. The number of alkyl halides is 1. The van der Waals surface area contributed by atoms with Gasteiger partial charge < -0.3 is 4.90 Å². The molecule has 3 nitrogen and oxygen atoms in total. The van der Waals surface area contributed by atoms with Crippen LogP contribution in [-0.4, -0.2) is 28.9 Å². The summed E-state index contributed by atoms with van der Waals surface area (Å²) in [4.78, 5) is 17.9. The van der Waals surface area contributed by atoms with Crippen LogP contribution in [0.3, 0.4) is 0 Å². The molecule has 110 valence electrons. The SMILES string of the molecule is O=C(c1cscn1)N1CCC(F)(c2ccccc2Cl)CC1. The van der Waals surface area contributed by atoms with Gasteiger partial charge in [-0.05, 0) is 6.07 Å². The lowest BCUT2D eigenvalue weighted by Gasteiger charge is -2.36. The van der Waals surface area contributed by atoms with Crippen LogP contribution >= 0.6 is 22.9 Å². The summed E-state index contributed by atoms with van der Waals surface area (Å²) in [7, 11) is 0. The van der Waals surface area contributed by atoms with Gasteiger partial charge in [0.25, 0.3) is 5.91 Å². The number of carbonyl (C=O) groups is 1. The second kappa shape index (κ2) is 5.73. The maximum Gasteiger partial charge on any atom is 0.273 e. The van der Waals surface area contributed by atoms with Crippen molar-refractivity contribution in [2.45, 2.75) is 18.5 Å². The highest BCUT2D eigenvalue weighted by molar-refractivity contribution is 7.07. The number of piperidine rings is 1. The van der Waals surface area contributed by atoms with Crippen LogP contribution in [0.1, 0.15) is 28.9 Å². The molecule has 2 heterocycles. The molecule has 21 heavy (non-hydrogen) atoms. The molecule has 1 fully saturated rings. The van der Waals surface area contributed by atoms with E-state index in [0.717, 1.165) is 0 Å². The topological polar surface area (TPSA) is 33.2 Å². The van der Waals surface area contributed by atoms with E-state index in [-0.39, 0.29) is 18.7 Å². The third-order valence-electron chi connectivity index (χ3n) is 3.85. The Balaban J connectivity index is 1.73. The van der Waals surface area contributed by atoms with Gasteiger partial charge in [-0.25, -0.2) is 9.37 Å². The molecule has 0 atom stereocenters. The Hall–Kier alpha value is -1.46. The molecule has 0 spiro atoms. The van der Waals surface area contributed by atoms with Gasteiger partial charge in [-0.3, -0.25) is 4.79 Å². The second-order valence-corrected chi connectivity index (χ2v) is 6.24. The Bertz CT molecular complexity index is 639. The Labute approximate surface area is 131 Å². The smallest absolute Gasteiger partial charge is 0.273 e.